The first-order valence-electron chi connectivity index (χ1n) is 17.1. The molecule has 0 aliphatic carbocycles. The van der Waals surface area contributed by atoms with Crippen LogP contribution in [0, 0.1) is 0 Å². The minimum Gasteiger partial charge on any atom is -0.208 e. The molecule has 0 unspecified atom stereocenters. The number of aromatic nitrogens is 3. The molecule has 0 saturated carbocycles. The Morgan fingerprint density at radius 2 is 0.796 bits per heavy atom. The van der Waals surface area contributed by atoms with Gasteiger partial charge in [0, 0.05) is 21.7 Å². The van der Waals surface area contributed by atoms with E-state index in [2.05, 4.69) is 111 Å². The highest BCUT2D eigenvalue weighted by Crippen LogP contribution is 2.41. The van der Waals surface area contributed by atoms with E-state index in [-0.39, 0.29) is 16.2 Å². The van der Waals surface area contributed by atoms with E-state index in [4.69, 9.17) is 26.6 Å². The van der Waals surface area contributed by atoms with E-state index >= 15 is 0 Å². The summed E-state index contributed by atoms with van der Waals surface area (Å²) in [6.45, 7) is 20.5. The molecule has 0 saturated heterocycles. The predicted octanol–water partition coefficient (Wildman–Crippen LogP) is 12.8. The molecule has 0 N–H and O–H groups in total. The van der Waals surface area contributed by atoms with Crippen LogP contribution in [-0.4, -0.2) is 15.0 Å². The molecule has 5 aromatic carbocycles. The highest BCUT2D eigenvalue weighted by Gasteiger charge is 2.24. The van der Waals surface area contributed by atoms with Gasteiger partial charge in [0.1, 0.15) is 0 Å². The Hall–Kier alpha value is -4.60. The van der Waals surface area contributed by atoms with Crippen molar-refractivity contribution in [2.75, 3.05) is 0 Å². The molecular formula is C45H46ClN3. The number of benzene rings is 5. The normalized spacial score (nSPS) is 12.3. The number of hydrogen-bond acceptors (Lipinski definition) is 3. The van der Waals surface area contributed by atoms with E-state index in [0.717, 1.165) is 27.8 Å². The van der Waals surface area contributed by atoms with Crippen LogP contribution in [0.15, 0.2) is 115 Å². The lowest BCUT2D eigenvalue weighted by Gasteiger charge is -2.27. The fraction of sp³-hybridized carbons (Fsp3) is 0.267. The summed E-state index contributed by atoms with van der Waals surface area (Å²) in [5.74, 6) is 1.82. The fourth-order valence-electron chi connectivity index (χ4n) is 5.96. The van der Waals surface area contributed by atoms with Crippen LogP contribution < -0.4 is 0 Å². The van der Waals surface area contributed by atoms with Gasteiger partial charge in [0.15, 0.2) is 17.5 Å². The van der Waals surface area contributed by atoms with E-state index in [1.807, 2.05) is 66.7 Å². The van der Waals surface area contributed by atoms with Crippen molar-refractivity contribution in [1.82, 2.24) is 15.0 Å². The molecule has 0 amide bonds. The van der Waals surface area contributed by atoms with E-state index in [0.29, 0.717) is 22.5 Å². The van der Waals surface area contributed by atoms with Crippen LogP contribution in [-0.2, 0) is 16.2 Å². The van der Waals surface area contributed by atoms with Crippen LogP contribution in [0.4, 0.5) is 0 Å². The van der Waals surface area contributed by atoms with Gasteiger partial charge < -0.3 is 0 Å². The van der Waals surface area contributed by atoms with Gasteiger partial charge in [0.25, 0.3) is 0 Å². The second-order valence-electron chi connectivity index (χ2n) is 16.1. The Morgan fingerprint density at radius 3 is 1.27 bits per heavy atom. The van der Waals surface area contributed by atoms with Gasteiger partial charge in [0.2, 0.25) is 0 Å². The summed E-state index contributed by atoms with van der Waals surface area (Å²) >= 11 is 6.96. The summed E-state index contributed by atoms with van der Waals surface area (Å²) in [7, 11) is 0. The van der Waals surface area contributed by atoms with Crippen molar-refractivity contribution >= 4 is 11.6 Å². The van der Waals surface area contributed by atoms with Crippen LogP contribution in [0.2, 0.25) is 5.02 Å². The van der Waals surface area contributed by atoms with Gasteiger partial charge in [0.05, 0.1) is 0 Å². The van der Waals surface area contributed by atoms with Gasteiger partial charge in [-0.25, -0.2) is 15.0 Å². The maximum atomic E-state index is 6.96. The first-order chi connectivity index (χ1) is 23.1. The van der Waals surface area contributed by atoms with E-state index < -0.39 is 0 Å². The van der Waals surface area contributed by atoms with Crippen LogP contribution in [0.3, 0.4) is 0 Å². The molecule has 0 spiro atoms. The Morgan fingerprint density at radius 1 is 0.367 bits per heavy atom. The maximum Gasteiger partial charge on any atom is 0.164 e. The van der Waals surface area contributed by atoms with Crippen molar-refractivity contribution in [2.45, 2.75) is 78.6 Å². The first-order valence-corrected chi connectivity index (χ1v) is 17.4. The number of hydrogen-bond donors (Lipinski definition) is 0. The van der Waals surface area contributed by atoms with E-state index in [1.54, 1.807) is 0 Å². The third-order valence-electron chi connectivity index (χ3n) is 9.03. The van der Waals surface area contributed by atoms with Crippen LogP contribution in [0.5, 0.6) is 0 Å². The van der Waals surface area contributed by atoms with Crippen LogP contribution in [0.25, 0.3) is 56.4 Å². The maximum absolute atomic E-state index is 6.96. The zero-order chi connectivity index (χ0) is 35.1. The molecule has 0 atom stereocenters. The Kier molecular flexibility index (Phi) is 9.11. The molecule has 1 aromatic heterocycles. The SMILES string of the molecule is CC(C)(C)c1cc(-c2cc(C(C)(C)C)ccc2-c2cc(Cl)cc(-c3nc(-c4ccccc4)nc(-c4ccccc4)n3)c2)cc(C(C)(C)C)c1. The molecular weight excluding hydrogens is 618 g/mol. The molecule has 6 aromatic rings. The van der Waals surface area contributed by atoms with Crippen molar-refractivity contribution in [2.24, 2.45) is 0 Å². The highest BCUT2D eigenvalue weighted by atomic mass is 35.5. The highest BCUT2D eigenvalue weighted by molar-refractivity contribution is 6.31. The third kappa shape index (κ3) is 7.68. The van der Waals surface area contributed by atoms with Crippen molar-refractivity contribution < 1.29 is 0 Å². The summed E-state index contributed by atoms with van der Waals surface area (Å²) in [4.78, 5) is 14.9. The molecule has 49 heavy (non-hydrogen) atoms. The molecule has 0 bridgehead atoms. The van der Waals surface area contributed by atoms with Crippen molar-refractivity contribution in [1.29, 1.82) is 0 Å². The molecule has 248 valence electrons. The minimum absolute atomic E-state index is 0.00730. The third-order valence-corrected chi connectivity index (χ3v) is 9.25. The van der Waals surface area contributed by atoms with Gasteiger partial charge in [-0.3, -0.25) is 0 Å². The topological polar surface area (TPSA) is 38.7 Å². The second kappa shape index (κ2) is 13.0. The average Bonchev–Trinajstić information content (AvgIpc) is 3.07. The van der Waals surface area contributed by atoms with Gasteiger partial charge in [-0.05, 0) is 73.4 Å². The van der Waals surface area contributed by atoms with E-state index in [9.17, 15) is 0 Å². The average molecular weight is 664 g/mol. The lowest BCUT2D eigenvalue weighted by Crippen LogP contribution is -2.16. The van der Waals surface area contributed by atoms with Gasteiger partial charge in [-0.1, -0.05) is 171 Å². The lowest BCUT2D eigenvalue weighted by atomic mass is 9.77. The first kappa shape index (κ1) is 34.3. The number of halogens is 1. The van der Waals surface area contributed by atoms with Gasteiger partial charge >= 0.3 is 0 Å². The minimum atomic E-state index is -0.0200. The van der Waals surface area contributed by atoms with Crippen LogP contribution >= 0.6 is 11.6 Å². The predicted molar refractivity (Wildman–Crippen MR) is 208 cm³/mol. The summed E-state index contributed by atoms with van der Waals surface area (Å²) in [6, 6.07) is 40.3. The summed E-state index contributed by atoms with van der Waals surface area (Å²) in [5.41, 5.74) is 11.1. The Bertz CT molecular complexity index is 2020. The summed E-state index contributed by atoms with van der Waals surface area (Å²) in [5, 5.41) is 0.625. The van der Waals surface area contributed by atoms with Crippen molar-refractivity contribution in [3.05, 3.63) is 137 Å². The second-order valence-corrected chi connectivity index (χ2v) is 16.5. The zero-order valence-corrected chi connectivity index (χ0v) is 30.9. The quantitative estimate of drug-likeness (QED) is 0.184. The molecule has 4 heteroatoms. The molecule has 0 radical (unpaired) electrons. The molecule has 3 nitrogen and oxygen atoms in total. The van der Waals surface area contributed by atoms with E-state index in [1.165, 1.54) is 27.8 Å². The number of rotatable bonds is 5. The standard InChI is InChI=1S/C45H46ClN3/c1-43(2,3)34-20-21-38(39(28-34)32-23-35(44(4,5)6)27-36(24-32)45(7,8)9)31-22-33(26-37(46)25-31)42-48-40(29-16-12-10-13-17-29)47-41(49-42)30-18-14-11-15-19-30/h10-28H,1-9H3. The fourth-order valence-corrected chi connectivity index (χ4v) is 6.20. The molecule has 6 rings (SSSR count). The summed E-state index contributed by atoms with van der Waals surface area (Å²) < 4.78 is 0. The van der Waals surface area contributed by atoms with Crippen molar-refractivity contribution in [3.63, 3.8) is 0 Å². The van der Waals surface area contributed by atoms with Gasteiger partial charge in [-0.2, -0.15) is 0 Å². The Labute approximate surface area is 297 Å². The molecule has 0 fully saturated rings. The van der Waals surface area contributed by atoms with Crippen LogP contribution in [0.1, 0.15) is 79.0 Å². The lowest BCUT2D eigenvalue weighted by molar-refractivity contribution is 0.569. The van der Waals surface area contributed by atoms with Gasteiger partial charge in [-0.15, -0.1) is 0 Å². The Balaban J connectivity index is 1.59. The number of nitrogens with zero attached hydrogens (tertiary/aromatic N) is 3. The zero-order valence-electron chi connectivity index (χ0n) is 30.2. The molecule has 0 aliphatic heterocycles. The molecule has 1 heterocycles. The summed E-state index contributed by atoms with van der Waals surface area (Å²) in [6.07, 6.45) is 0. The molecule has 0 aliphatic rings. The van der Waals surface area contributed by atoms with Crippen molar-refractivity contribution in [3.8, 4) is 56.4 Å². The monoisotopic (exact) mass is 663 g/mol. The largest absolute Gasteiger partial charge is 0.208 e. The smallest absolute Gasteiger partial charge is 0.164 e.